The normalized spacial score (nSPS) is 21.8. The van der Waals surface area contributed by atoms with Crippen molar-refractivity contribution < 1.29 is 19.1 Å². The second-order valence-electron chi connectivity index (χ2n) is 6.65. The Hall–Kier alpha value is -2.28. The second kappa shape index (κ2) is 7.31. The van der Waals surface area contributed by atoms with E-state index in [1.165, 1.54) is 17.9 Å². The monoisotopic (exact) mass is 347 g/mol. The molecule has 25 heavy (non-hydrogen) atoms. The van der Waals surface area contributed by atoms with Gasteiger partial charge in [0.05, 0.1) is 19.3 Å². The summed E-state index contributed by atoms with van der Waals surface area (Å²) >= 11 is 0. The molecule has 1 heterocycles. The van der Waals surface area contributed by atoms with Crippen molar-refractivity contribution in [2.45, 2.75) is 44.2 Å². The third kappa shape index (κ3) is 3.71. The van der Waals surface area contributed by atoms with E-state index in [-0.39, 0.29) is 24.6 Å². The molecule has 1 aromatic rings. The average molecular weight is 347 g/mol. The molecule has 1 atom stereocenters. The molecule has 1 aliphatic heterocycles. The lowest BCUT2D eigenvalue weighted by Gasteiger charge is -2.28. The summed E-state index contributed by atoms with van der Waals surface area (Å²) in [5.41, 5.74) is 6.19. The average Bonchev–Trinajstić information content (AvgIpc) is 3.18. The fourth-order valence-electron chi connectivity index (χ4n) is 3.61. The first-order chi connectivity index (χ1) is 12.0. The number of ether oxygens (including phenoxy) is 2. The molecule has 2 aliphatic rings. The number of primary amides is 1. The smallest absolute Gasteiger partial charge is 0.239 e. The molecule has 1 saturated carbocycles. The van der Waals surface area contributed by atoms with Crippen LogP contribution in [0.2, 0.25) is 0 Å². The molecular formula is C18H25N3O4. The standard InChI is InChI=1S/C18H25N3O4/c1-20-14(10-18(23)21(20)11-17(19)22)12-7-8-15(24-2)16(9-12)25-13-5-3-4-6-13/h7-9,13-14H,3-6,10-11H2,1-2H3,(H2,19,22). The number of methoxy groups -OCH3 is 1. The number of hydrogen-bond donors (Lipinski definition) is 1. The van der Waals surface area contributed by atoms with Crippen molar-refractivity contribution in [1.82, 2.24) is 10.0 Å². The summed E-state index contributed by atoms with van der Waals surface area (Å²) in [4.78, 5) is 23.4. The number of nitrogens with two attached hydrogens (primary N) is 1. The Kier molecular flexibility index (Phi) is 5.13. The molecule has 0 radical (unpaired) electrons. The van der Waals surface area contributed by atoms with Gasteiger partial charge in [0.15, 0.2) is 11.5 Å². The molecule has 1 aliphatic carbocycles. The molecule has 0 bridgehead atoms. The SMILES string of the molecule is COc1ccc(C2CC(=O)N(CC(N)=O)N2C)cc1OC1CCCC1. The number of carbonyl (C=O) groups excluding carboxylic acids is 2. The number of amides is 2. The highest BCUT2D eigenvalue weighted by Gasteiger charge is 2.37. The number of carbonyl (C=O) groups is 2. The van der Waals surface area contributed by atoms with Gasteiger partial charge in [-0.15, -0.1) is 0 Å². The summed E-state index contributed by atoms with van der Waals surface area (Å²) in [6.07, 6.45) is 5.02. The Balaban J connectivity index is 1.82. The second-order valence-corrected chi connectivity index (χ2v) is 6.65. The van der Waals surface area contributed by atoms with Crippen molar-refractivity contribution >= 4 is 11.8 Å². The Morgan fingerprint density at radius 3 is 2.64 bits per heavy atom. The van der Waals surface area contributed by atoms with Crippen LogP contribution in [0.4, 0.5) is 0 Å². The van der Waals surface area contributed by atoms with E-state index in [1.807, 2.05) is 18.2 Å². The number of rotatable bonds is 6. The van der Waals surface area contributed by atoms with Gasteiger partial charge in [0.1, 0.15) is 6.54 Å². The van der Waals surface area contributed by atoms with Crippen molar-refractivity contribution in [3.05, 3.63) is 23.8 Å². The zero-order chi connectivity index (χ0) is 18.0. The highest BCUT2D eigenvalue weighted by Crippen LogP contribution is 2.38. The van der Waals surface area contributed by atoms with Gasteiger partial charge >= 0.3 is 0 Å². The summed E-state index contributed by atoms with van der Waals surface area (Å²) in [7, 11) is 3.41. The van der Waals surface area contributed by atoms with Crippen LogP contribution >= 0.6 is 0 Å². The quantitative estimate of drug-likeness (QED) is 0.845. The van der Waals surface area contributed by atoms with Crippen molar-refractivity contribution in [2.24, 2.45) is 5.73 Å². The molecule has 7 heteroatoms. The Labute approximate surface area is 147 Å². The van der Waals surface area contributed by atoms with E-state index < -0.39 is 5.91 Å². The minimum absolute atomic E-state index is 0.104. The van der Waals surface area contributed by atoms with Crippen molar-refractivity contribution in [3.63, 3.8) is 0 Å². The van der Waals surface area contributed by atoms with Crippen LogP contribution < -0.4 is 15.2 Å². The summed E-state index contributed by atoms with van der Waals surface area (Å²) in [6, 6.07) is 5.60. The molecular weight excluding hydrogens is 322 g/mol. The zero-order valence-electron chi connectivity index (χ0n) is 14.7. The fraction of sp³-hybridized carbons (Fsp3) is 0.556. The molecule has 0 spiro atoms. The summed E-state index contributed by atoms with van der Waals surface area (Å²) in [5, 5.41) is 3.17. The Morgan fingerprint density at radius 1 is 1.28 bits per heavy atom. The first kappa shape index (κ1) is 17.5. The van der Waals surface area contributed by atoms with Crippen molar-refractivity contribution in [3.8, 4) is 11.5 Å². The van der Waals surface area contributed by atoms with Gasteiger partial charge in [0.2, 0.25) is 11.8 Å². The maximum atomic E-state index is 12.2. The lowest BCUT2D eigenvalue weighted by Crippen LogP contribution is -2.42. The maximum Gasteiger partial charge on any atom is 0.239 e. The van der Waals surface area contributed by atoms with Crippen molar-refractivity contribution in [2.75, 3.05) is 20.7 Å². The van der Waals surface area contributed by atoms with E-state index in [1.54, 1.807) is 19.2 Å². The van der Waals surface area contributed by atoms with Crippen LogP contribution in [0, 0.1) is 0 Å². The third-order valence-corrected chi connectivity index (χ3v) is 4.96. The maximum absolute atomic E-state index is 12.2. The van der Waals surface area contributed by atoms with Crippen LogP contribution in [0.25, 0.3) is 0 Å². The lowest BCUT2D eigenvalue weighted by molar-refractivity contribution is -0.142. The number of hydrogen-bond acceptors (Lipinski definition) is 5. The van der Waals surface area contributed by atoms with Crippen LogP contribution in [0.3, 0.4) is 0 Å². The molecule has 1 unspecified atom stereocenters. The van der Waals surface area contributed by atoms with Crippen LogP contribution in [0.15, 0.2) is 18.2 Å². The summed E-state index contributed by atoms with van der Waals surface area (Å²) in [5.74, 6) is 0.763. The van der Waals surface area contributed by atoms with Gasteiger partial charge in [-0.05, 0) is 43.4 Å². The number of benzene rings is 1. The van der Waals surface area contributed by atoms with Gasteiger partial charge in [-0.3, -0.25) is 14.6 Å². The van der Waals surface area contributed by atoms with Gasteiger partial charge in [-0.1, -0.05) is 6.07 Å². The van der Waals surface area contributed by atoms with Gasteiger partial charge in [-0.2, -0.15) is 0 Å². The van der Waals surface area contributed by atoms with Gasteiger partial charge in [0, 0.05) is 13.5 Å². The molecule has 2 fully saturated rings. The van der Waals surface area contributed by atoms with Crippen LogP contribution in [-0.2, 0) is 9.59 Å². The summed E-state index contributed by atoms with van der Waals surface area (Å²) in [6.45, 7) is -0.104. The van der Waals surface area contributed by atoms with Crippen LogP contribution in [-0.4, -0.2) is 48.6 Å². The first-order valence-corrected chi connectivity index (χ1v) is 8.65. The predicted molar refractivity (Wildman–Crippen MR) is 91.9 cm³/mol. The fourth-order valence-corrected chi connectivity index (χ4v) is 3.61. The zero-order valence-corrected chi connectivity index (χ0v) is 14.7. The number of nitrogens with zero attached hydrogens (tertiary/aromatic N) is 2. The highest BCUT2D eigenvalue weighted by atomic mass is 16.5. The molecule has 136 valence electrons. The van der Waals surface area contributed by atoms with E-state index in [0.717, 1.165) is 18.4 Å². The first-order valence-electron chi connectivity index (χ1n) is 8.65. The molecule has 2 N–H and O–H groups in total. The minimum atomic E-state index is -0.527. The molecule has 1 aromatic carbocycles. The molecule has 1 saturated heterocycles. The Bertz CT molecular complexity index is 658. The lowest BCUT2D eigenvalue weighted by atomic mass is 10.0. The third-order valence-electron chi connectivity index (χ3n) is 4.96. The topological polar surface area (TPSA) is 85.1 Å². The van der Waals surface area contributed by atoms with Gasteiger partial charge < -0.3 is 15.2 Å². The van der Waals surface area contributed by atoms with Gasteiger partial charge in [-0.25, -0.2) is 5.01 Å². The molecule has 7 nitrogen and oxygen atoms in total. The predicted octanol–water partition coefficient (Wildman–Crippen LogP) is 1.62. The van der Waals surface area contributed by atoms with E-state index in [0.29, 0.717) is 17.9 Å². The van der Waals surface area contributed by atoms with Crippen LogP contribution in [0.5, 0.6) is 11.5 Å². The van der Waals surface area contributed by atoms with Crippen LogP contribution in [0.1, 0.15) is 43.7 Å². The largest absolute Gasteiger partial charge is 0.493 e. The number of hydrazine groups is 1. The molecule has 0 aromatic heterocycles. The highest BCUT2D eigenvalue weighted by molar-refractivity contribution is 5.85. The van der Waals surface area contributed by atoms with Gasteiger partial charge in [0.25, 0.3) is 0 Å². The van der Waals surface area contributed by atoms with E-state index >= 15 is 0 Å². The van der Waals surface area contributed by atoms with Crippen molar-refractivity contribution in [1.29, 1.82) is 0 Å². The molecule has 2 amide bonds. The van der Waals surface area contributed by atoms with E-state index in [2.05, 4.69) is 0 Å². The van der Waals surface area contributed by atoms with E-state index in [4.69, 9.17) is 15.2 Å². The minimum Gasteiger partial charge on any atom is -0.493 e. The molecule has 3 rings (SSSR count). The Morgan fingerprint density at radius 2 is 2.00 bits per heavy atom. The summed E-state index contributed by atoms with van der Waals surface area (Å²) < 4.78 is 11.6. The van der Waals surface area contributed by atoms with E-state index in [9.17, 15) is 9.59 Å².